The van der Waals surface area contributed by atoms with E-state index < -0.39 is 0 Å². The summed E-state index contributed by atoms with van der Waals surface area (Å²) < 4.78 is 1.94. The maximum atomic E-state index is 12.2. The van der Waals surface area contributed by atoms with Crippen LogP contribution in [0.5, 0.6) is 0 Å². The first kappa shape index (κ1) is 14.4. The standard InChI is InChI=1S/C14H23N3OS/c1-10-6-4-5-7-12(10)16-13(18)11(2)19-14-15-8-9-17(14)3/h8-12H,4-7H2,1-3H3,(H,16,18). The molecule has 3 unspecified atom stereocenters. The molecule has 1 heterocycles. The smallest absolute Gasteiger partial charge is 0.233 e. The van der Waals surface area contributed by atoms with Crippen molar-refractivity contribution in [3.05, 3.63) is 12.4 Å². The minimum atomic E-state index is -0.102. The Labute approximate surface area is 119 Å². The molecule has 1 aromatic rings. The van der Waals surface area contributed by atoms with Crippen molar-refractivity contribution in [1.82, 2.24) is 14.9 Å². The first-order valence-electron chi connectivity index (χ1n) is 7.02. The van der Waals surface area contributed by atoms with E-state index in [0.29, 0.717) is 12.0 Å². The van der Waals surface area contributed by atoms with Crippen LogP contribution in [-0.4, -0.2) is 26.8 Å². The minimum Gasteiger partial charge on any atom is -0.352 e. The molecule has 1 aliphatic rings. The molecule has 1 aromatic heterocycles. The van der Waals surface area contributed by atoms with Crippen LogP contribution >= 0.6 is 11.8 Å². The molecule has 0 aromatic carbocycles. The second kappa shape index (κ2) is 6.46. The molecule has 1 fully saturated rings. The number of aryl methyl sites for hydroxylation is 1. The molecule has 5 heteroatoms. The lowest BCUT2D eigenvalue weighted by atomic mass is 9.86. The lowest BCUT2D eigenvalue weighted by Gasteiger charge is -2.30. The molecule has 0 bridgehead atoms. The van der Waals surface area contributed by atoms with Crippen molar-refractivity contribution in [2.24, 2.45) is 13.0 Å². The molecule has 4 nitrogen and oxygen atoms in total. The fraction of sp³-hybridized carbons (Fsp3) is 0.714. The van der Waals surface area contributed by atoms with Crippen LogP contribution in [0.2, 0.25) is 0 Å². The highest BCUT2D eigenvalue weighted by Crippen LogP contribution is 2.25. The largest absolute Gasteiger partial charge is 0.352 e. The Balaban J connectivity index is 1.87. The number of rotatable bonds is 4. The predicted octanol–water partition coefficient (Wildman–Crippen LogP) is 2.60. The third kappa shape index (κ3) is 3.75. The van der Waals surface area contributed by atoms with Gasteiger partial charge >= 0.3 is 0 Å². The molecule has 1 N–H and O–H groups in total. The highest BCUT2D eigenvalue weighted by Gasteiger charge is 2.25. The summed E-state index contributed by atoms with van der Waals surface area (Å²) in [7, 11) is 1.95. The van der Waals surface area contributed by atoms with Crippen molar-refractivity contribution in [1.29, 1.82) is 0 Å². The van der Waals surface area contributed by atoms with E-state index in [9.17, 15) is 4.79 Å². The lowest BCUT2D eigenvalue weighted by molar-refractivity contribution is -0.121. The number of thioether (sulfide) groups is 1. The molecule has 0 saturated heterocycles. The average Bonchev–Trinajstić information content (AvgIpc) is 2.78. The van der Waals surface area contributed by atoms with Crippen LogP contribution in [0, 0.1) is 5.92 Å². The minimum absolute atomic E-state index is 0.102. The number of imidazole rings is 1. The zero-order valence-corrected chi connectivity index (χ0v) is 12.7. The predicted molar refractivity (Wildman–Crippen MR) is 78.1 cm³/mol. The van der Waals surface area contributed by atoms with Crippen LogP contribution in [0.25, 0.3) is 0 Å². The van der Waals surface area contributed by atoms with E-state index in [1.165, 1.54) is 31.0 Å². The SMILES string of the molecule is CC(Sc1nccn1C)C(=O)NC1CCCCC1C. The zero-order valence-electron chi connectivity index (χ0n) is 11.9. The summed E-state index contributed by atoms with van der Waals surface area (Å²) in [5.74, 6) is 0.731. The lowest BCUT2D eigenvalue weighted by Crippen LogP contribution is -2.44. The Kier molecular flexibility index (Phi) is 4.91. The second-order valence-electron chi connectivity index (χ2n) is 5.46. The van der Waals surface area contributed by atoms with Crippen LogP contribution in [0.15, 0.2) is 17.6 Å². The van der Waals surface area contributed by atoms with E-state index in [2.05, 4.69) is 17.2 Å². The van der Waals surface area contributed by atoms with Gasteiger partial charge in [0, 0.05) is 25.5 Å². The van der Waals surface area contributed by atoms with Gasteiger partial charge in [0.25, 0.3) is 0 Å². The summed E-state index contributed by atoms with van der Waals surface area (Å²) in [5.41, 5.74) is 0. The van der Waals surface area contributed by atoms with E-state index >= 15 is 0 Å². The second-order valence-corrected chi connectivity index (χ2v) is 6.77. The van der Waals surface area contributed by atoms with Crippen molar-refractivity contribution in [3.63, 3.8) is 0 Å². The zero-order chi connectivity index (χ0) is 13.8. The van der Waals surface area contributed by atoms with Crippen LogP contribution in [0.3, 0.4) is 0 Å². The number of amides is 1. The number of nitrogens with zero attached hydrogens (tertiary/aromatic N) is 2. The van der Waals surface area contributed by atoms with Crippen molar-refractivity contribution >= 4 is 17.7 Å². The number of carbonyl (C=O) groups excluding carboxylic acids is 1. The van der Waals surface area contributed by atoms with Gasteiger partial charge in [0.15, 0.2) is 5.16 Å². The van der Waals surface area contributed by atoms with E-state index in [4.69, 9.17) is 0 Å². The highest BCUT2D eigenvalue weighted by molar-refractivity contribution is 8.00. The van der Waals surface area contributed by atoms with Gasteiger partial charge in [-0.05, 0) is 25.7 Å². The Bertz CT molecular complexity index is 432. The normalized spacial score (nSPS) is 25.0. The number of hydrogen-bond acceptors (Lipinski definition) is 3. The van der Waals surface area contributed by atoms with Gasteiger partial charge in [-0.3, -0.25) is 4.79 Å². The summed E-state index contributed by atoms with van der Waals surface area (Å²) >= 11 is 1.51. The van der Waals surface area contributed by atoms with Crippen molar-refractivity contribution < 1.29 is 4.79 Å². The van der Waals surface area contributed by atoms with Crippen LogP contribution in [-0.2, 0) is 11.8 Å². The molecule has 2 rings (SSSR count). The molecular formula is C14H23N3OS. The quantitative estimate of drug-likeness (QED) is 0.863. The fourth-order valence-corrected chi connectivity index (χ4v) is 3.35. The van der Waals surface area contributed by atoms with E-state index in [-0.39, 0.29) is 11.2 Å². The molecule has 0 spiro atoms. The number of aromatic nitrogens is 2. The van der Waals surface area contributed by atoms with Crippen molar-refractivity contribution in [3.8, 4) is 0 Å². The summed E-state index contributed by atoms with van der Waals surface area (Å²) in [6.45, 7) is 4.18. The number of nitrogens with one attached hydrogen (secondary N) is 1. The molecule has 0 aliphatic heterocycles. The monoisotopic (exact) mass is 281 g/mol. The maximum absolute atomic E-state index is 12.2. The summed E-state index contributed by atoms with van der Waals surface area (Å²) in [5, 5.41) is 3.99. The van der Waals surface area contributed by atoms with Crippen molar-refractivity contribution in [2.75, 3.05) is 0 Å². The molecule has 19 heavy (non-hydrogen) atoms. The molecule has 3 atom stereocenters. The maximum Gasteiger partial charge on any atom is 0.233 e. The topological polar surface area (TPSA) is 46.9 Å². The summed E-state index contributed by atoms with van der Waals surface area (Å²) in [6, 6.07) is 0.352. The van der Waals surface area contributed by atoms with Gasteiger partial charge < -0.3 is 9.88 Å². The van der Waals surface area contributed by atoms with E-state index in [1.807, 2.05) is 24.7 Å². The van der Waals surface area contributed by atoms with Crippen LogP contribution in [0.4, 0.5) is 0 Å². The highest BCUT2D eigenvalue weighted by atomic mass is 32.2. The molecule has 1 amide bonds. The number of carbonyl (C=O) groups is 1. The summed E-state index contributed by atoms with van der Waals surface area (Å²) in [6.07, 6.45) is 8.53. The Hall–Kier alpha value is -0.970. The fourth-order valence-electron chi connectivity index (χ4n) is 2.51. The molecule has 1 saturated carbocycles. The van der Waals surface area contributed by atoms with Gasteiger partial charge in [0.2, 0.25) is 5.91 Å². The van der Waals surface area contributed by atoms with Crippen LogP contribution < -0.4 is 5.32 Å². The average molecular weight is 281 g/mol. The van der Waals surface area contributed by atoms with Gasteiger partial charge in [-0.2, -0.15) is 0 Å². The first-order chi connectivity index (χ1) is 9.08. The number of hydrogen-bond donors (Lipinski definition) is 1. The Morgan fingerprint density at radius 2 is 2.26 bits per heavy atom. The molecule has 0 radical (unpaired) electrons. The van der Waals surface area contributed by atoms with Gasteiger partial charge in [-0.1, -0.05) is 31.5 Å². The van der Waals surface area contributed by atoms with Crippen molar-refractivity contribution in [2.45, 2.75) is 56.0 Å². The summed E-state index contributed by atoms with van der Waals surface area (Å²) in [4.78, 5) is 16.5. The van der Waals surface area contributed by atoms with Gasteiger partial charge in [-0.25, -0.2) is 4.98 Å². The first-order valence-corrected chi connectivity index (χ1v) is 7.90. The van der Waals surface area contributed by atoms with Gasteiger partial charge in [-0.15, -0.1) is 0 Å². The van der Waals surface area contributed by atoms with Gasteiger partial charge in [0.1, 0.15) is 0 Å². The molecule has 106 valence electrons. The van der Waals surface area contributed by atoms with E-state index in [0.717, 1.165) is 11.6 Å². The Morgan fingerprint density at radius 3 is 2.89 bits per heavy atom. The molecule has 1 aliphatic carbocycles. The van der Waals surface area contributed by atoms with Gasteiger partial charge in [0.05, 0.1) is 5.25 Å². The third-order valence-corrected chi connectivity index (χ3v) is 5.04. The third-order valence-electron chi connectivity index (χ3n) is 3.87. The molecular weight excluding hydrogens is 258 g/mol. The van der Waals surface area contributed by atoms with E-state index in [1.54, 1.807) is 6.20 Å². The van der Waals surface area contributed by atoms with Crippen LogP contribution in [0.1, 0.15) is 39.5 Å². The Morgan fingerprint density at radius 1 is 1.53 bits per heavy atom.